The average molecular weight is 410 g/mol. The second kappa shape index (κ2) is 8.60. The molecule has 1 aromatic heterocycles. The van der Waals surface area contributed by atoms with E-state index in [4.69, 9.17) is 4.74 Å². The summed E-state index contributed by atoms with van der Waals surface area (Å²) >= 11 is 0. The molecular weight excluding hydrogens is 396 g/mol. The van der Waals surface area contributed by atoms with E-state index >= 15 is 0 Å². The number of aromatic amines is 1. The van der Waals surface area contributed by atoms with Crippen molar-refractivity contribution < 1.29 is 19.4 Å². The first-order valence-corrected chi connectivity index (χ1v) is 8.39. The van der Waals surface area contributed by atoms with Gasteiger partial charge in [-0.05, 0) is 36.8 Å². The number of nitrogens with zero attached hydrogens (tertiary/aromatic N) is 4. The second-order valence-electron chi connectivity index (χ2n) is 5.98. The number of nitro benzene ring substituents is 2. The van der Waals surface area contributed by atoms with E-state index in [1.54, 1.807) is 31.2 Å². The van der Waals surface area contributed by atoms with Crippen molar-refractivity contribution in [3.05, 3.63) is 85.7 Å². The number of hydrogen-bond donors (Lipinski definition) is 2. The van der Waals surface area contributed by atoms with E-state index in [0.29, 0.717) is 5.56 Å². The molecule has 0 unspecified atom stereocenters. The summed E-state index contributed by atoms with van der Waals surface area (Å²) in [6, 6.07) is 11.0. The maximum absolute atomic E-state index is 11.9. The Balaban J connectivity index is 1.73. The summed E-state index contributed by atoms with van der Waals surface area (Å²) in [6.45, 7) is 1.76. The molecule has 0 spiro atoms. The molecule has 0 radical (unpaired) electrons. The molecule has 2 N–H and O–H groups in total. The number of aryl methyl sites for hydroxylation is 1. The van der Waals surface area contributed by atoms with Gasteiger partial charge < -0.3 is 4.74 Å². The number of benzene rings is 2. The van der Waals surface area contributed by atoms with Gasteiger partial charge in [-0.15, -0.1) is 0 Å². The maximum Gasteiger partial charge on any atom is 0.318 e. The number of nitro groups is 2. The molecule has 152 valence electrons. The van der Waals surface area contributed by atoms with Gasteiger partial charge in [-0.1, -0.05) is 12.1 Å². The standard InChI is InChI=1S/C18H14N6O6/c1-11-7-15(21-20-11)18(25)22-19-10-12-3-2-4-14(8-12)30-17-6-5-13(23(26)27)9-16(17)24(28)29/h2-10H,1H3,(H,20,21)(H,22,25)/b19-10-. The van der Waals surface area contributed by atoms with Crippen LogP contribution < -0.4 is 10.2 Å². The van der Waals surface area contributed by atoms with Gasteiger partial charge in [-0.25, -0.2) is 5.43 Å². The summed E-state index contributed by atoms with van der Waals surface area (Å²) in [6.07, 6.45) is 1.36. The number of aromatic nitrogens is 2. The predicted octanol–water partition coefficient (Wildman–Crippen LogP) is 3.09. The minimum Gasteiger partial charge on any atom is -0.450 e. The van der Waals surface area contributed by atoms with Crippen molar-refractivity contribution >= 4 is 23.5 Å². The molecule has 30 heavy (non-hydrogen) atoms. The Bertz CT molecular complexity index is 1160. The first kappa shape index (κ1) is 20.1. The van der Waals surface area contributed by atoms with Crippen LogP contribution in [0.2, 0.25) is 0 Å². The quantitative estimate of drug-likeness (QED) is 0.343. The fraction of sp³-hybridized carbons (Fsp3) is 0.0556. The van der Waals surface area contributed by atoms with Gasteiger partial charge in [0.2, 0.25) is 5.75 Å². The van der Waals surface area contributed by atoms with Crippen LogP contribution in [-0.2, 0) is 0 Å². The SMILES string of the molecule is Cc1cc(C(=O)N/N=C\c2cccc(Oc3ccc([N+](=O)[O-])cc3[N+](=O)[O-])c2)n[nH]1. The first-order valence-electron chi connectivity index (χ1n) is 8.39. The Morgan fingerprint density at radius 3 is 2.63 bits per heavy atom. The molecule has 1 heterocycles. The molecule has 12 heteroatoms. The van der Waals surface area contributed by atoms with Gasteiger partial charge in [0.15, 0.2) is 5.69 Å². The Hall–Kier alpha value is -4.61. The predicted molar refractivity (Wildman–Crippen MR) is 105 cm³/mol. The monoisotopic (exact) mass is 410 g/mol. The number of hydrogen-bond acceptors (Lipinski definition) is 8. The molecule has 0 aliphatic carbocycles. The highest BCUT2D eigenvalue weighted by Crippen LogP contribution is 2.34. The van der Waals surface area contributed by atoms with Crippen molar-refractivity contribution in [1.82, 2.24) is 15.6 Å². The molecule has 3 aromatic rings. The first-order chi connectivity index (χ1) is 14.3. The zero-order valence-electron chi connectivity index (χ0n) is 15.4. The maximum atomic E-state index is 11.9. The van der Waals surface area contributed by atoms with E-state index in [2.05, 4.69) is 20.7 Å². The Morgan fingerprint density at radius 1 is 1.17 bits per heavy atom. The van der Waals surface area contributed by atoms with Crippen LogP contribution in [0.5, 0.6) is 11.5 Å². The van der Waals surface area contributed by atoms with Crippen molar-refractivity contribution in [1.29, 1.82) is 0 Å². The number of carbonyl (C=O) groups is 1. The third kappa shape index (κ3) is 4.81. The molecule has 0 saturated carbocycles. The van der Waals surface area contributed by atoms with Crippen molar-refractivity contribution in [3.63, 3.8) is 0 Å². The minimum absolute atomic E-state index is 0.151. The van der Waals surface area contributed by atoms with Gasteiger partial charge in [-0.2, -0.15) is 10.2 Å². The summed E-state index contributed by atoms with van der Waals surface area (Å²) in [5.41, 5.74) is 2.82. The number of ether oxygens (including phenoxy) is 1. The van der Waals surface area contributed by atoms with Crippen LogP contribution in [0.4, 0.5) is 11.4 Å². The molecule has 0 bridgehead atoms. The number of H-pyrrole nitrogens is 1. The third-order valence-corrected chi connectivity index (χ3v) is 3.75. The topological polar surface area (TPSA) is 166 Å². The molecular formula is C18H14N6O6. The van der Waals surface area contributed by atoms with Crippen molar-refractivity contribution in [2.45, 2.75) is 6.92 Å². The van der Waals surface area contributed by atoms with E-state index in [1.807, 2.05) is 0 Å². The number of nitrogens with one attached hydrogen (secondary N) is 2. The van der Waals surface area contributed by atoms with Crippen LogP contribution in [0, 0.1) is 27.2 Å². The summed E-state index contributed by atoms with van der Waals surface area (Å²) in [4.78, 5) is 32.4. The molecule has 3 rings (SSSR count). The normalized spacial score (nSPS) is 10.7. The van der Waals surface area contributed by atoms with Crippen LogP contribution in [0.25, 0.3) is 0 Å². The van der Waals surface area contributed by atoms with Crippen LogP contribution in [-0.4, -0.2) is 32.2 Å². The van der Waals surface area contributed by atoms with Gasteiger partial charge in [0.25, 0.3) is 11.6 Å². The Labute approximate surface area is 168 Å². The zero-order chi connectivity index (χ0) is 21.7. The minimum atomic E-state index is -0.764. The summed E-state index contributed by atoms with van der Waals surface area (Å²) < 4.78 is 5.52. The largest absolute Gasteiger partial charge is 0.450 e. The van der Waals surface area contributed by atoms with Crippen molar-refractivity contribution in [3.8, 4) is 11.5 Å². The number of amides is 1. The highest BCUT2D eigenvalue weighted by Gasteiger charge is 2.21. The van der Waals surface area contributed by atoms with Crippen molar-refractivity contribution in [2.24, 2.45) is 5.10 Å². The summed E-state index contributed by atoms with van der Waals surface area (Å²) in [5, 5.41) is 32.3. The average Bonchev–Trinajstić information content (AvgIpc) is 3.14. The molecule has 0 aliphatic heterocycles. The number of rotatable bonds is 7. The molecule has 0 aliphatic rings. The molecule has 0 saturated heterocycles. The highest BCUT2D eigenvalue weighted by molar-refractivity contribution is 5.93. The van der Waals surface area contributed by atoms with Gasteiger partial charge in [-0.3, -0.25) is 30.1 Å². The van der Waals surface area contributed by atoms with E-state index in [0.717, 1.165) is 23.9 Å². The van der Waals surface area contributed by atoms with Gasteiger partial charge >= 0.3 is 5.69 Å². The molecule has 0 fully saturated rings. The molecule has 12 nitrogen and oxygen atoms in total. The van der Waals surface area contributed by atoms with E-state index < -0.39 is 27.1 Å². The lowest BCUT2D eigenvalue weighted by molar-refractivity contribution is -0.394. The number of hydrazone groups is 1. The lowest BCUT2D eigenvalue weighted by Gasteiger charge is -2.07. The lowest BCUT2D eigenvalue weighted by Crippen LogP contribution is -2.18. The van der Waals surface area contributed by atoms with E-state index in [1.165, 1.54) is 12.3 Å². The fourth-order valence-corrected chi connectivity index (χ4v) is 2.39. The lowest BCUT2D eigenvalue weighted by atomic mass is 10.2. The highest BCUT2D eigenvalue weighted by atomic mass is 16.6. The van der Waals surface area contributed by atoms with Crippen molar-refractivity contribution in [2.75, 3.05) is 0 Å². The third-order valence-electron chi connectivity index (χ3n) is 3.75. The van der Waals surface area contributed by atoms with Gasteiger partial charge in [0, 0.05) is 11.8 Å². The van der Waals surface area contributed by atoms with Gasteiger partial charge in [0.1, 0.15) is 5.75 Å². The fourth-order valence-electron chi connectivity index (χ4n) is 2.39. The summed E-state index contributed by atoms with van der Waals surface area (Å²) in [7, 11) is 0. The smallest absolute Gasteiger partial charge is 0.318 e. The molecule has 0 atom stereocenters. The number of non-ortho nitro benzene ring substituents is 1. The van der Waals surface area contributed by atoms with E-state index in [9.17, 15) is 25.0 Å². The Morgan fingerprint density at radius 2 is 1.97 bits per heavy atom. The van der Waals surface area contributed by atoms with Crippen LogP contribution in [0.3, 0.4) is 0 Å². The zero-order valence-corrected chi connectivity index (χ0v) is 15.4. The van der Waals surface area contributed by atoms with Crippen LogP contribution >= 0.6 is 0 Å². The van der Waals surface area contributed by atoms with Gasteiger partial charge in [0.05, 0.1) is 22.1 Å². The molecule has 2 aromatic carbocycles. The Kier molecular flexibility index (Phi) is 5.77. The molecule has 1 amide bonds. The van der Waals surface area contributed by atoms with Crippen LogP contribution in [0.15, 0.2) is 53.6 Å². The number of carbonyl (C=O) groups excluding carboxylic acids is 1. The summed E-state index contributed by atoms with van der Waals surface area (Å²) in [5.74, 6) is -0.406. The second-order valence-corrected chi connectivity index (χ2v) is 5.98. The van der Waals surface area contributed by atoms with E-state index in [-0.39, 0.29) is 17.2 Å². The van der Waals surface area contributed by atoms with Crippen LogP contribution in [0.1, 0.15) is 21.7 Å².